The Morgan fingerprint density at radius 3 is 2.61 bits per heavy atom. The van der Waals surface area contributed by atoms with Gasteiger partial charge in [-0.3, -0.25) is 9.78 Å². The second-order valence-corrected chi connectivity index (χ2v) is 9.30. The number of carbonyl (C=O) groups excluding carboxylic acids is 1. The van der Waals surface area contributed by atoms with Crippen LogP contribution in [0.4, 0.5) is 0 Å². The summed E-state index contributed by atoms with van der Waals surface area (Å²) < 4.78 is 12.2. The Labute approximate surface area is 192 Å². The van der Waals surface area contributed by atoms with E-state index in [0.717, 1.165) is 33.7 Å². The van der Waals surface area contributed by atoms with Crippen molar-refractivity contribution in [2.24, 2.45) is 0 Å². The van der Waals surface area contributed by atoms with E-state index in [1.807, 2.05) is 32.1 Å². The quantitative estimate of drug-likeness (QED) is 0.562. The summed E-state index contributed by atoms with van der Waals surface area (Å²) in [5.41, 5.74) is 5.24. The van der Waals surface area contributed by atoms with Crippen molar-refractivity contribution in [1.29, 1.82) is 5.26 Å². The Hall–Kier alpha value is -3.85. The van der Waals surface area contributed by atoms with Gasteiger partial charge < -0.3 is 14.5 Å². The van der Waals surface area contributed by atoms with Crippen LogP contribution < -0.4 is 9.47 Å². The second-order valence-electron chi connectivity index (χ2n) is 9.30. The van der Waals surface area contributed by atoms with Crippen molar-refractivity contribution < 1.29 is 14.3 Å². The van der Waals surface area contributed by atoms with Crippen molar-refractivity contribution in [2.75, 3.05) is 0 Å². The number of hydrogen-bond donors (Lipinski definition) is 1. The Morgan fingerprint density at radius 2 is 1.91 bits per heavy atom. The molecule has 33 heavy (non-hydrogen) atoms. The minimum atomic E-state index is -0.469. The van der Waals surface area contributed by atoms with Gasteiger partial charge in [0.05, 0.1) is 12.2 Å². The lowest BCUT2D eigenvalue weighted by Crippen LogP contribution is -2.31. The van der Waals surface area contributed by atoms with Crippen LogP contribution in [0.15, 0.2) is 42.2 Å². The van der Waals surface area contributed by atoms with Crippen molar-refractivity contribution in [3.05, 3.63) is 75.9 Å². The molecule has 0 radical (unpaired) electrons. The van der Waals surface area contributed by atoms with E-state index in [0.29, 0.717) is 35.7 Å². The predicted octanol–water partition coefficient (Wildman–Crippen LogP) is 5.71. The standard InChI is InChI=1S/C27H25N3O3/c1-15(2)32-22-12-19-20(13-23(22)33-17-7-9-29-10-8-17)27(3,4)26-24(25(19)31)18-6-5-16(14-28)11-21(18)30-26/h7-13,15,30H,5-6H2,1-4H3. The summed E-state index contributed by atoms with van der Waals surface area (Å²) in [4.78, 5) is 21.3. The fourth-order valence-electron chi connectivity index (χ4n) is 4.75. The maximum atomic E-state index is 13.8. The summed E-state index contributed by atoms with van der Waals surface area (Å²) in [5.74, 6) is 1.71. The highest BCUT2D eigenvalue weighted by Gasteiger charge is 2.42. The van der Waals surface area contributed by atoms with Gasteiger partial charge in [-0.25, -0.2) is 0 Å². The lowest BCUT2D eigenvalue weighted by Gasteiger charge is -2.33. The van der Waals surface area contributed by atoms with E-state index in [-0.39, 0.29) is 11.9 Å². The summed E-state index contributed by atoms with van der Waals surface area (Å²) in [6.45, 7) is 8.10. The molecule has 0 fully saturated rings. The molecule has 2 aromatic heterocycles. The first-order chi connectivity index (χ1) is 15.8. The number of pyridine rings is 1. The number of rotatable bonds is 4. The molecular weight excluding hydrogens is 414 g/mol. The Balaban J connectivity index is 1.68. The monoisotopic (exact) mass is 439 g/mol. The minimum Gasteiger partial charge on any atom is -0.487 e. The molecule has 5 rings (SSSR count). The molecule has 3 aromatic rings. The third-order valence-corrected chi connectivity index (χ3v) is 6.34. The number of ketones is 1. The summed E-state index contributed by atoms with van der Waals surface area (Å²) >= 11 is 0. The third-order valence-electron chi connectivity index (χ3n) is 6.34. The molecule has 0 saturated carbocycles. The first-order valence-corrected chi connectivity index (χ1v) is 11.1. The van der Waals surface area contributed by atoms with E-state index in [1.165, 1.54) is 0 Å². The van der Waals surface area contributed by atoms with Gasteiger partial charge in [-0.05, 0) is 68.2 Å². The zero-order valence-corrected chi connectivity index (χ0v) is 19.2. The maximum Gasteiger partial charge on any atom is 0.195 e. The first kappa shape index (κ1) is 21.0. The van der Waals surface area contributed by atoms with Crippen LogP contribution in [0.3, 0.4) is 0 Å². The Kier molecular flexibility index (Phi) is 4.86. The molecule has 0 amide bonds. The molecular formula is C27H25N3O3. The van der Waals surface area contributed by atoms with E-state index >= 15 is 0 Å². The summed E-state index contributed by atoms with van der Waals surface area (Å²) in [6, 6.07) is 9.55. The smallest absolute Gasteiger partial charge is 0.195 e. The molecule has 0 unspecified atom stereocenters. The van der Waals surface area contributed by atoms with E-state index in [9.17, 15) is 10.1 Å². The van der Waals surface area contributed by atoms with Crippen LogP contribution in [0.1, 0.15) is 72.6 Å². The van der Waals surface area contributed by atoms with Crippen molar-refractivity contribution >= 4 is 11.9 Å². The molecule has 6 nitrogen and oxygen atoms in total. The fraction of sp³-hybridized carbons (Fsp3) is 0.296. The topological polar surface area (TPSA) is 88.0 Å². The number of fused-ring (bicyclic) bond motifs is 4. The highest BCUT2D eigenvalue weighted by molar-refractivity contribution is 6.15. The van der Waals surface area contributed by atoms with Gasteiger partial charge in [-0.2, -0.15) is 5.26 Å². The third kappa shape index (κ3) is 3.41. The van der Waals surface area contributed by atoms with Gasteiger partial charge in [0.1, 0.15) is 5.75 Å². The van der Waals surface area contributed by atoms with Crippen LogP contribution in [0.2, 0.25) is 0 Å². The summed E-state index contributed by atoms with van der Waals surface area (Å²) in [6.07, 6.45) is 6.45. The van der Waals surface area contributed by atoms with Gasteiger partial charge in [0, 0.05) is 45.9 Å². The fourth-order valence-corrected chi connectivity index (χ4v) is 4.75. The molecule has 1 aromatic carbocycles. The number of ether oxygens (including phenoxy) is 2. The van der Waals surface area contributed by atoms with E-state index in [2.05, 4.69) is 29.9 Å². The van der Waals surface area contributed by atoms with E-state index in [4.69, 9.17) is 9.47 Å². The molecule has 0 atom stereocenters. The molecule has 166 valence electrons. The normalized spacial score (nSPS) is 15.8. The molecule has 0 bridgehead atoms. The van der Waals surface area contributed by atoms with Gasteiger partial charge in [-0.1, -0.05) is 13.8 Å². The number of nitrogens with zero attached hydrogens (tertiary/aromatic N) is 2. The van der Waals surface area contributed by atoms with Crippen LogP contribution in [0, 0.1) is 11.3 Å². The number of nitrogens with one attached hydrogen (secondary N) is 1. The van der Waals surface area contributed by atoms with Crippen LogP contribution in [0.5, 0.6) is 17.2 Å². The molecule has 2 aliphatic carbocycles. The molecule has 2 aliphatic rings. The average Bonchev–Trinajstić information content (AvgIpc) is 3.19. The van der Waals surface area contributed by atoms with Crippen molar-refractivity contribution in [3.8, 4) is 23.3 Å². The van der Waals surface area contributed by atoms with Gasteiger partial charge in [0.25, 0.3) is 0 Å². The zero-order chi connectivity index (χ0) is 23.3. The molecule has 1 N–H and O–H groups in total. The lowest BCUT2D eigenvalue weighted by molar-refractivity contribution is 0.102. The van der Waals surface area contributed by atoms with Crippen LogP contribution in [0.25, 0.3) is 6.08 Å². The number of nitriles is 1. The average molecular weight is 440 g/mol. The maximum absolute atomic E-state index is 13.8. The number of hydrogen-bond acceptors (Lipinski definition) is 5. The molecule has 0 saturated heterocycles. The number of H-pyrrole nitrogens is 1. The summed E-state index contributed by atoms with van der Waals surface area (Å²) in [5, 5.41) is 9.34. The number of carbonyl (C=O) groups is 1. The van der Waals surface area contributed by atoms with Gasteiger partial charge in [0.15, 0.2) is 17.3 Å². The largest absolute Gasteiger partial charge is 0.487 e. The van der Waals surface area contributed by atoms with Crippen LogP contribution >= 0.6 is 0 Å². The molecule has 0 aliphatic heterocycles. The number of aromatic amines is 1. The number of allylic oxidation sites excluding steroid dienone is 1. The summed E-state index contributed by atoms with van der Waals surface area (Å²) in [7, 11) is 0. The molecule has 6 heteroatoms. The second kappa shape index (κ2) is 7.63. The van der Waals surface area contributed by atoms with Crippen molar-refractivity contribution in [3.63, 3.8) is 0 Å². The molecule has 2 heterocycles. The van der Waals surface area contributed by atoms with Gasteiger partial charge >= 0.3 is 0 Å². The SMILES string of the molecule is CC(C)Oc1cc2c(cc1Oc1ccncc1)C(C)(C)c1[nH]c3c(c1C2=O)CCC(C#N)=C3. The minimum absolute atomic E-state index is 0.0188. The van der Waals surface area contributed by atoms with Gasteiger partial charge in [-0.15, -0.1) is 0 Å². The molecule has 0 spiro atoms. The van der Waals surface area contributed by atoms with Crippen molar-refractivity contribution in [2.45, 2.75) is 52.1 Å². The Morgan fingerprint density at radius 1 is 1.15 bits per heavy atom. The van der Waals surface area contributed by atoms with Gasteiger partial charge in [0.2, 0.25) is 0 Å². The number of aromatic nitrogens is 2. The number of benzene rings is 1. The zero-order valence-electron chi connectivity index (χ0n) is 19.2. The highest BCUT2D eigenvalue weighted by Crippen LogP contribution is 2.48. The van der Waals surface area contributed by atoms with Crippen LogP contribution in [-0.2, 0) is 11.8 Å². The van der Waals surface area contributed by atoms with E-state index < -0.39 is 5.41 Å². The Bertz CT molecular complexity index is 1340. The highest BCUT2D eigenvalue weighted by atomic mass is 16.5. The first-order valence-electron chi connectivity index (χ1n) is 11.1. The van der Waals surface area contributed by atoms with Crippen molar-refractivity contribution in [1.82, 2.24) is 9.97 Å². The van der Waals surface area contributed by atoms with Crippen LogP contribution in [-0.4, -0.2) is 21.9 Å². The lowest BCUT2D eigenvalue weighted by atomic mass is 9.70. The predicted molar refractivity (Wildman–Crippen MR) is 125 cm³/mol. The van der Waals surface area contributed by atoms with E-state index in [1.54, 1.807) is 24.5 Å².